The van der Waals surface area contributed by atoms with Crippen molar-refractivity contribution in [1.82, 2.24) is 4.90 Å². The smallest absolute Gasteiger partial charge is 0.256 e. The first-order chi connectivity index (χ1) is 7.59. The minimum atomic E-state index is -0.125. The van der Waals surface area contributed by atoms with E-state index in [0.717, 1.165) is 6.42 Å². The standard InChI is InChI=1S/C13H15NO2/c1-7-5-11(15)14(13(7)16)12-8(2)9-3-4-10(12)6-9/h3-5,8-10,12H,6H2,1-2H3. The summed E-state index contributed by atoms with van der Waals surface area (Å²) in [5, 5.41) is 0. The highest BCUT2D eigenvalue weighted by Gasteiger charge is 2.49. The summed E-state index contributed by atoms with van der Waals surface area (Å²) in [5.41, 5.74) is 0.573. The number of rotatable bonds is 1. The molecule has 0 aromatic rings. The van der Waals surface area contributed by atoms with E-state index >= 15 is 0 Å². The molecule has 84 valence electrons. The Balaban J connectivity index is 1.93. The Labute approximate surface area is 94.8 Å². The maximum atomic E-state index is 11.9. The van der Waals surface area contributed by atoms with E-state index < -0.39 is 0 Å². The zero-order valence-electron chi connectivity index (χ0n) is 9.51. The normalized spacial score (nSPS) is 41.1. The Morgan fingerprint density at radius 1 is 1.25 bits per heavy atom. The molecular weight excluding hydrogens is 202 g/mol. The molecule has 0 saturated heterocycles. The van der Waals surface area contributed by atoms with Crippen LogP contribution in [0.1, 0.15) is 20.3 Å². The van der Waals surface area contributed by atoms with Crippen molar-refractivity contribution in [2.75, 3.05) is 0 Å². The predicted molar refractivity (Wildman–Crippen MR) is 59.3 cm³/mol. The Bertz CT molecular complexity index is 435. The average molecular weight is 217 g/mol. The summed E-state index contributed by atoms with van der Waals surface area (Å²) in [5.74, 6) is 1.12. The first-order valence-corrected chi connectivity index (χ1v) is 5.83. The van der Waals surface area contributed by atoms with Crippen molar-refractivity contribution in [1.29, 1.82) is 0 Å². The molecule has 1 fully saturated rings. The topological polar surface area (TPSA) is 37.4 Å². The Morgan fingerprint density at radius 3 is 2.44 bits per heavy atom. The van der Waals surface area contributed by atoms with Crippen LogP contribution >= 0.6 is 0 Å². The van der Waals surface area contributed by atoms with Gasteiger partial charge in [0.05, 0.1) is 0 Å². The van der Waals surface area contributed by atoms with Gasteiger partial charge in [0.1, 0.15) is 0 Å². The number of carbonyl (C=O) groups excluding carboxylic acids is 2. The fourth-order valence-corrected chi connectivity index (χ4v) is 3.36. The third-order valence-corrected chi connectivity index (χ3v) is 4.23. The number of hydrogen-bond acceptors (Lipinski definition) is 2. The highest BCUT2D eigenvalue weighted by atomic mass is 16.2. The van der Waals surface area contributed by atoms with Crippen LogP contribution in [0.4, 0.5) is 0 Å². The van der Waals surface area contributed by atoms with Crippen molar-refractivity contribution in [3.05, 3.63) is 23.8 Å². The number of allylic oxidation sites excluding steroid dienone is 1. The number of imide groups is 1. The number of nitrogens with zero attached hydrogens (tertiary/aromatic N) is 1. The van der Waals surface area contributed by atoms with Gasteiger partial charge in [-0.25, -0.2) is 0 Å². The van der Waals surface area contributed by atoms with E-state index in [-0.39, 0.29) is 17.9 Å². The summed E-state index contributed by atoms with van der Waals surface area (Å²) in [7, 11) is 0. The molecule has 3 nitrogen and oxygen atoms in total. The Morgan fingerprint density at radius 2 is 1.94 bits per heavy atom. The van der Waals surface area contributed by atoms with Crippen LogP contribution in [0.2, 0.25) is 0 Å². The van der Waals surface area contributed by atoms with Gasteiger partial charge in [0, 0.05) is 17.7 Å². The maximum absolute atomic E-state index is 11.9. The molecule has 4 unspecified atom stereocenters. The first-order valence-electron chi connectivity index (χ1n) is 5.83. The highest BCUT2D eigenvalue weighted by Crippen LogP contribution is 2.46. The summed E-state index contributed by atoms with van der Waals surface area (Å²) in [6.45, 7) is 3.86. The van der Waals surface area contributed by atoms with Crippen LogP contribution in [0.3, 0.4) is 0 Å². The van der Waals surface area contributed by atoms with Gasteiger partial charge < -0.3 is 0 Å². The molecule has 0 aromatic heterocycles. The highest BCUT2D eigenvalue weighted by molar-refractivity contribution is 6.16. The van der Waals surface area contributed by atoms with E-state index in [1.54, 1.807) is 6.92 Å². The molecule has 0 aromatic carbocycles. The molecule has 2 bridgehead atoms. The van der Waals surface area contributed by atoms with Crippen LogP contribution in [0.5, 0.6) is 0 Å². The average Bonchev–Trinajstić information content (AvgIpc) is 2.86. The second-order valence-electron chi connectivity index (χ2n) is 5.14. The monoisotopic (exact) mass is 217 g/mol. The molecular formula is C13H15NO2. The van der Waals surface area contributed by atoms with Gasteiger partial charge in [0.2, 0.25) is 0 Å². The second-order valence-corrected chi connectivity index (χ2v) is 5.14. The SMILES string of the molecule is CC1=CC(=O)N(C2C3C=CC(C3)C2C)C1=O. The molecule has 2 amide bonds. The Hall–Kier alpha value is -1.38. The number of hydrogen-bond donors (Lipinski definition) is 0. The van der Waals surface area contributed by atoms with Crippen LogP contribution in [0, 0.1) is 17.8 Å². The maximum Gasteiger partial charge on any atom is 0.256 e. The van der Waals surface area contributed by atoms with Gasteiger partial charge in [-0.1, -0.05) is 19.1 Å². The van der Waals surface area contributed by atoms with E-state index in [2.05, 4.69) is 19.1 Å². The van der Waals surface area contributed by atoms with Gasteiger partial charge in [-0.2, -0.15) is 0 Å². The van der Waals surface area contributed by atoms with Crippen LogP contribution in [-0.2, 0) is 9.59 Å². The lowest BCUT2D eigenvalue weighted by atomic mass is 9.89. The molecule has 0 N–H and O–H groups in total. The van der Waals surface area contributed by atoms with E-state index in [1.807, 2.05) is 0 Å². The molecule has 3 heteroatoms. The molecule has 0 radical (unpaired) electrons. The second kappa shape index (κ2) is 3.06. The molecule has 0 spiro atoms. The fourth-order valence-electron chi connectivity index (χ4n) is 3.36. The number of fused-ring (bicyclic) bond motifs is 2. The van der Waals surface area contributed by atoms with Crippen LogP contribution in [-0.4, -0.2) is 22.8 Å². The minimum absolute atomic E-state index is 0.0868. The van der Waals surface area contributed by atoms with E-state index in [0.29, 0.717) is 23.3 Å². The summed E-state index contributed by atoms with van der Waals surface area (Å²) >= 11 is 0. The molecule has 1 aliphatic heterocycles. The molecule has 2 aliphatic carbocycles. The third-order valence-electron chi connectivity index (χ3n) is 4.23. The largest absolute Gasteiger partial charge is 0.271 e. The van der Waals surface area contributed by atoms with Gasteiger partial charge in [0.15, 0.2) is 0 Å². The van der Waals surface area contributed by atoms with Crippen molar-refractivity contribution in [3.8, 4) is 0 Å². The lowest BCUT2D eigenvalue weighted by molar-refractivity contribution is -0.141. The van der Waals surface area contributed by atoms with Gasteiger partial charge in [-0.05, 0) is 31.1 Å². The molecule has 1 saturated carbocycles. The summed E-state index contributed by atoms with van der Waals surface area (Å²) in [6, 6.07) is 0.0868. The van der Waals surface area contributed by atoms with Crippen molar-refractivity contribution in [3.63, 3.8) is 0 Å². The molecule has 16 heavy (non-hydrogen) atoms. The zero-order chi connectivity index (χ0) is 11.4. The third kappa shape index (κ3) is 1.09. The van der Waals surface area contributed by atoms with Gasteiger partial charge in [-0.3, -0.25) is 14.5 Å². The van der Waals surface area contributed by atoms with Crippen molar-refractivity contribution < 1.29 is 9.59 Å². The molecule has 3 rings (SSSR count). The number of amides is 2. The summed E-state index contributed by atoms with van der Waals surface area (Å²) in [6.07, 6.45) is 6.97. The lowest BCUT2D eigenvalue weighted by Crippen LogP contribution is -2.46. The minimum Gasteiger partial charge on any atom is -0.271 e. The fraction of sp³-hybridized carbons (Fsp3) is 0.538. The van der Waals surface area contributed by atoms with Crippen molar-refractivity contribution in [2.24, 2.45) is 17.8 Å². The Kier molecular flexibility index (Phi) is 1.88. The van der Waals surface area contributed by atoms with Crippen LogP contribution in [0.25, 0.3) is 0 Å². The zero-order valence-corrected chi connectivity index (χ0v) is 9.51. The summed E-state index contributed by atoms with van der Waals surface area (Å²) in [4.78, 5) is 25.2. The van der Waals surface area contributed by atoms with E-state index in [1.165, 1.54) is 11.0 Å². The number of carbonyl (C=O) groups is 2. The lowest BCUT2D eigenvalue weighted by Gasteiger charge is -2.32. The predicted octanol–water partition coefficient (Wildman–Crippen LogP) is 1.51. The van der Waals surface area contributed by atoms with Gasteiger partial charge in [-0.15, -0.1) is 0 Å². The van der Waals surface area contributed by atoms with Crippen LogP contribution < -0.4 is 0 Å². The van der Waals surface area contributed by atoms with Gasteiger partial charge in [0.25, 0.3) is 11.8 Å². The van der Waals surface area contributed by atoms with E-state index in [9.17, 15) is 9.59 Å². The van der Waals surface area contributed by atoms with E-state index in [4.69, 9.17) is 0 Å². The van der Waals surface area contributed by atoms with Crippen molar-refractivity contribution >= 4 is 11.8 Å². The summed E-state index contributed by atoms with van der Waals surface area (Å²) < 4.78 is 0. The molecule has 3 aliphatic rings. The first kappa shape index (κ1) is 9.82. The van der Waals surface area contributed by atoms with Gasteiger partial charge >= 0.3 is 0 Å². The molecule has 4 atom stereocenters. The molecule has 1 heterocycles. The van der Waals surface area contributed by atoms with Crippen molar-refractivity contribution in [2.45, 2.75) is 26.3 Å². The quantitative estimate of drug-likeness (QED) is 0.493. The van der Waals surface area contributed by atoms with Crippen LogP contribution in [0.15, 0.2) is 23.8 Å².